The highest BCUT2D eigenvalue weighted by Crippen LogP contribution is 2.39. The third-order valence-corrected chi connectivity index (χ3v) is 3.81. The molecule has 0 atom stereocenters. The number of hydrogen-bond acceptors (Lipinski definition) is 2. The van der Waals surface area contributed by atoms with Crippen LogP contribution in [0.5, 0.6) is 5.75 Å². The van der Waals surface area contributed by atoms with Crippen molar-refractivity contribution >= 4 is 0 Å². The molecular weight excluding hydrogens is 229 g/mol. The average molecular weight is 247 g/mol. The summed E-state index contributed by atoms with van der Waals surface area (Å²) in [6.07, 6.45) is 5.91. The lowest BCUT2D eigenvalue weighted by atomic mass is 9.71. The summed E-state index contributed by atoms with van der Waals surface area (Å²) in [4.78, 5) is 0. The zero-order chi connectivity index (χ0) is 13.0. The second kappa shape index (κ2) is 5.39. The summed E-state index contributed by atoms with van der Waals surface area (Å²) in [5.74, 6) is -0.0905. The molecule has 0 aromatic heterocycles. The van der Waals surface area contributed by atoms with E-state index in [4.69, 9.17) is 4.74 Å². The van der Waals surface area contributed by atoms with E-state index in [0.29, 0.717) is 6.42 Å². The van der Waals surface area contributed by atoms with Gasteiger partial charge in [-0.15, -0.1) is 0 Å². The van der Waals surface area contributed by atoms with Crippen molar-refractivity contribution in [3.05, 3.63) is 29.6 Å². The fraction of sp³-hybridized carbons (Fsp3) is 0.533. The third kappa shape index (κ3) is 2.64. The Bertz CT molecular complexity index is 458. The molecule has 1 aliphatic carbocycles. The van der Waals surface area contributed by atoms with E-state index in [9.17, 15) is 9.65 Å². The minimum atomic E-state index is -0.348. The molecule has 2 nitrogen and oxygen atoms in total. The number of nitriles is 1. The number of nitrogens with zero attached hydrogens (tertiary/aromatic N) is 1. The highest BCUT2D eigenvalue weighted by atomic mass is 19.1. The summed E-state index contributed by atoms with van der Waals surface area (Å²) in [7, 11) is 1.45. The first-order chi connectivity index (χ1) is 8.69. The highest BCUT2D eigenvalue weighted by Gasteiger charge is 2.32. The first kappa shape index (κ1) is 12.9. The van der Waals surface area contributed by atoms with Gasteiger partial charge in [-0.2, -0.15) is 5.26 Å². The fourth-order valence-electron chi connectivity index (χ4n) is 2.77. The van der Waals surface area contributed by atoms with Gasteiger partial charge >= 0.3 is 0 Å². The summed E-state index contributed by atoms with van der Waals surface area (Å²) in [5.41, 5.74) is 0.593. The van der Waals surface area contributed by atoms with Crippen molar-refractivity contribution in [3.8, 4) is 11.8 Å². The molecule has 0 N–H and O–H groups in total. The topological polar surface area (TPSA) is 33.0 Å². The Morgan fingerprint density at radius 1 is 1.33 bits per heavy atom. The van der Waals surface area contributed by atoms with Crippen LogP contribution in [0.2, 0.25) is 0 Å². The van der Waals surface area contributed by atoms with Crippen molar-refractivity contribution in [1.82, 2.24) is 0 Å². The quantitative estimate of drug-likeness (QED) is 0.812. The monoisotopic (exact) mass is 247 g/mol. The molecular formula is C15H18FNO. The molecule has 96 valence electrons. The van der Waals surface area contributed by atoms with Gasteiger partial charge in [-0.25, -0.2) is 4.39 Å². The first-order valence-corrected chi connectivity index (χ1v) is 6.43. The molecule has 0 unspecified atom stereocenters. The zero-order valence-electron chi connectivity index (χ0n) is 10.7. The molecule has 1 aromatic carbocycles. The van der Waals surface area contributed by atoms with Crippen molar-refractivity contribution in [2.45, 2.75) is 38.5 Å². The number of ether oxygens (including phenoxy) is 1. The van der Waals surface area contributed by atoms with Gasteiger partial charge in [0, 0.05) is 0 Å². The van der Waals surface area contributed by atoms with Gasteiger partial charge in [0.05, 0.1) is 18.6 Å². The Morgan fingerprint density at radius 3 is 2.61 bits per heavy atom. The maximum Gasteiger partial charge on any atom is 0.165 e. The fourth-order valence-corrected chi connectivity index (χ4v) is 2.77. The van der Waals surface area contributed by atoms with E-state index < -0.39 is 0 Å². The van der Waals surface area contributed by atoms with Crippen LogP contribution < -0.4 is 4.74 Å². The van der Waals surface area contributed by atoms with Gasteiger partial charge in [0.1, 0.15) is 0 Å². The Hall–Kier alpha value is -1.56. The van der Waals surface area contributed by atoms with Gasteiger partial charge < -0.3 is 4.74 Å². The van der Waals surface area contributed by atoms with E-state index in [1.807, 2.05) is 6.07 Å². The van der Waals surface area contributed by atoms with E-state index in [1.54, 1.807) is 6.07 Å². The lowest BCUT2D eigenvalue weighted by molar-refractivity contribution is 0.265. The van der Waals surface area contributed by atoms with E-state index in [0.717, 1.165) is 31.2 Å². The predicted octanol–water partition coefficient (Wildman–Crippen LogP) is 3.85. The standard InChI is InChI=1S/C15H18FNO/c1-18-14-6-5-12(9-13(14)16)10-15(11-17)7-3-2-4-8-15/h5-6,9H,2-4,7-8,10H2,1H3. The maximum atomic E-state index is 13.6. The van der Waals surface area contributed by atoms with Gasteiger partial charge in [-0.1, -0.05) is 25.3 Å². The molecule has 0 amide bonds. The molecule has 3 heteroatoms. The van der Waals surface area contributed by atoms with Crippen LogP contribution in [-0.4, -0.2) is 7.11 Å². The lowest BCUT2D eigenvalue weighted by Crippen LogP contribution is -2.24. The van der Waals surface area contributed by atoms with E-state index in [2.05, 4.69) is 6.07 Å². The second-order valence-electron chi connectivity index (χ2n) is 5.10. The Labute approximate surface area is 107 Å². The van der Waals surface area contributed by atoms with Crippen LogP contribution in [-0.2, 0) is 6.42 Å². The normalized spacial score (nSPS) is 18.1. The maximum absolute atomic E-state index is 13.6. The van der Waals surface area contributed by atoms with Crippen molar-refractivity contribution in [3.63, 3.8) is 0 Å². The molecule has 0 radical (unpaired) electrons. The SMILES string of the molecule is COc1ccc(CC2(C#N)CCCCC2)cc1F. The molecule has 1 aliphatic rings. The number of rotatable bonds is 3. The lowest BCUT2D eigenvalue weighted by Gasteiger charge is -2.30. The number of methoxy groups -OCH3 is 1. The van der Waals surface area contributed by atoms with E-state index in [1.165, 1.54) is 19.6 Å². The smallest absolute Gasteiger partial charge is 0.165 e. The summed E-state index contributed by atoms with van der Waals surface area (Å²) in [5, 5.41) is 9.40. The molecule has 18 heavy (non-hydrogen) atoms. The Kier molecular flexibility index (Phi) is 3.86. The van der Waals surface area contributed by atoms with Crippen LogP contribution in [0.25, 0.3) is 0 Å². The van der Waals surface area contributed by atoms with Crippen LogP contribution in [0.3, 0.4) is 0 Å². The van der Waals surface area contributed by atoms with Crippen molar-refractivity contribution in [1.29, 1.82) is 5.26 Å². The molecule has 1 saturated carbocycles. The predicted molar refractivity (Wildman–Crippen MR) is 67.8 cm³/mol. The number of benzene rings is 1. The van der Waals surface area contributed by atoms with Gasteiger partial charge in [-0.3, -0.25) is 0 Å². The minimum absolute atomic E-state index is 0.258. The van der Waals surface area contributed by atoms with Crippen LogP contribution in [0.15, 0.2) is 18.2 Å². The highest BCUT2D eigenvalue weighted by molar-refractivity contribution is 5.30. The average Bonchev–Trinajstić information content (AvgIpc) is 2.40. The number of halogens is 1. The second-order valence-corrected chi connectivity index (χ2v) is 5.10. The molecule has 1 fully saturated rings. The molecule has 0 saturated heterocycles. The van der Waals surface area contributed by atoms with Crippen LogP contribution >= 0.6 is 0 Å². The Balaban J connectivity index is 2.17. The van der Waals surface area contributed by atoms with Crippen molar-refractivity contribution in [2.75, 3.05) is 7.11 Å². The third-order valence-electron chi connectivity index (χ3n) is 3.81. The Morgan fingerprint density at radius 2 is 2.06 bits per heavy atom. The van der Waals surface area contributed by atoms with Crippen molar-refractivity contribution < 1.29 is 9.13 Å². The zero-order valence-corrected chi connectivity index (χ0v) is 10.7. The van der Waals surface area contributed by atoms with Gasteiger partial charge in [0.2, 0.25) is 0 Å². The van der Waals surface area contributed by atoms with Crippen LogP contribution in [0, 0.1) is 22.6 Å². The van der Waals surface area contributed by atoms with Crippen molar-refractivity contribution in [2.24, 2.45) is 5.41 Å². The molecule has 0 aliphatic heterocycles. The van der Waals surface area contributed by atoms with Gasteiger partial charge in [-0.05, 0) is 37.0 Å². The summed E-state index contributed by atoms with van der Waals surface area (Å²) < 4.78 is 18.5. The largest absolute Gasteiger partial charge is 0.494 e. The summed E-state index contributed by atoms with van der Waals surface area (Å²) >= 11 is 0. The summed E-state index contributed by atoms with van der Waals surface area (Å²) in [6.45, 7) is 0. The van der Waals surface area contributed by atoms with E-state index in [-0.39, 0.29) is 17.0 Å². The van der Waals surface area contributed by atoms with Gasteiger partial charge in [0.25, 0.3) is 0 Å². The van der Waals surface area contributed by atoms with Gasteiger partial charge in [0.15, 0.2) is 11.6 Å². The molecule has 0 spiro atoms. The van der Waals surface area contributed by atoms with Crippen LogP contribution in [0.4, 0.5) is 4.39 Å². The summed E-state index contributed by atoms with van der Waals surface area (Å²) in [6, 6.07) is 7.45. The molecule has 0 heterocycles. The molecule has 2 rings (SSSR count). The minimum Gasteiger partial charge on any atom is -0.494 e. The first-order valence-electron chi connectivity index (χ1n) is 6.43. The molecule has 0 bridgehead atoms. The number of hydrogen-bond donors (Lipinski definition) is 0. The van der Waals surface area contributed by atoms with E-state index >= 15 is 0 Å². The van der Waals surface area contributed by atoms with Crippen LogP contribution in [0.1, 0.15) is 37.7 Å². The molecule has 1 aromatic rings.